The molecule has 1 heterocycles. The maximum Gasteiger partial charge on any atom is 0.243 e. The van der Waals surface area contributed by atoms with Crippen LogP contribution in [0.3, 0.4) is 0 Å². The minimum Gasteiger partial charge on any atom is -0.354 e. The second-order valence-electron chi connectivity index (χ2n) is 7.65. The van der Waals surface area contributed by atoms with Crippen LogP contribution >= 0.6 is 12.4 Å². The fourth-order valence-electron chi connectivity index (χ4n) is 3.05. The third-order valence-corrected chi connectivity index (χ3v) is 6.55. The number of piperidine rings is 1. The Balaban J connectivity index is 0.00000338. The van der Waals surface area contributed by atoms with Gasteiger partial charge >= 0.3 is 0 Å². The van der Waals surface area contributed by atoms with Gasteiger partial charge in [0, 0.05) is 31.1 Å². The zero-order valence-corrected chi connectivity index (χ0v) is 17.5. The minimum atomic E-state index is -3.51. The molecule has 6 nitrogen and oxygen atoms in total. The smallest absolute Gasteiger partial charge is 0.243 e. The van der Waals surface area contributed by atoms with Crippen molar-refractivity contribution in [1.82, 2.24) is 9.62 Å². The number of amides is 1. The number of halogens is 1. The molecule has 0 bridgehead atoms. The van der Waals surface area contributed by atoms with Gasteiger partial charge in [-0.25, -0.2) is 8.42 Å². The highest BCUT2D eigenvalue weighted by molar-refractivity contribution is 7.89. The summed E-state index contributed by atoms with van der Waals surface area (Å²) in [5, 5.41) is 2.86. The van der Waals surface area contributed by atoms with Crippen LogP contribution in [0, 0.1) is 19.8 Å². The van der Waals surface area contributed by atoms with Crippen molar-refractivity contribution in [3.8, 4) is 0 Å². The number of hydrogen-bond acceptors (Lipinski definition) is 4. The Morgan fingerprint density at radius 3 is 2.35 bits per heavy atom. The molecule has 1 saturated heterocycles. The number of nitrogens with one attached hydrogen (secondary N) is 1. The lowest BCUT2D eigenvalue weighted by Gasteiger charge is -2.31. The van der Waals surface area contributed by atoms with Gasteiger partial charge in [-0.15, -0.1) is 12.4 Å². The Hall–Kier alpha value is -1.15. The van der Waals surface area contributed by atoms with Crippen LogP contribution in [0.15, 0.2) is 23.1 Å². The quantitative estimate of drug-likeness (QED) is 0.786. The minimum absolute atomic E-state index is 0. The van der Waals surface area contributed by atoms with Gasteiger partial charge in [-0.3, -0.25) is 4.79 Å². The molecule has 0 saturated carbocycles. The number of benzene rings is 1. The van der Waals surface area contributed by atoms with E-state index in [4.69, 9.17) is 5.73 Å². The summed E-state index contributed by atoms with van der Waals surface area (Å²) in [6.07, 6.45) is 1.06. The zero-order valence-electron chi connectivity index (χ0n) is 15.9. The van der Waals surface area contributed by atoms with Crippen molar-refractivity contribution < 1.29 is 13.2 Å². The molecular formula is C18H30ClN3O3S. The van der Waals surface area contributed by atoms with E-state index in [0.717, 1.165) is 11.1 Å². The molecule has 1 amide bonds. The summed E-state index contributed by atoms with van der Waals surface area (Å²) in [5.41, 5.74) is 7.22. The Morgan fingerprint density at radius 2 is 1.85 bits per heavy atom. The predicted octanol–water partition coefficient (Wildman–Crippen LogP) is 1.98. The molecule has 0 atom stereocenters. The van der Waals surface area contributed by atoms with Crippen LogP contribution < -0.4 is 11.1 Å². The van der Waals surface area contributed by atoms with Crippen LogP contribution in [0.25, 0.3) is 0 Å². The number of nitrogens with two attached hydrogens (primary N) is 1. The largest absolute Gasteiger partial charge is 0.354 e. The number of carbonyl (C=O) groups is 1. The van der Waals surface area contributed by atoms with E-state index in [1.54, 1.807) is 6.07 Å². The van der Waals surface area contributed by atoms with Gasteiger partial charge in [0.05, 0.1) is 4.90 Å². The molecule has 0 unspecified atom stereocenters. The Morgan fingerprint density at radius 1 is 1.27 bits per heavy atom. The van der Waals surface area contributed by atoms with E-state index in [2.05, 4.69) is 5.32 Å². The number of nitrogens with zero attached hydrogens (tertiary/aromatic N) is 1. The second-order valence-corrected chi connectivity index (χ2v) is 9.56. The second kappa shape index (κ2) is 8.69. The van der Waals surface area contributed by atoms with E-state index in [9.17, 15) is 13.2 Å². The van der Waals surface area contributed by atoms with Gasteiger partial charge < -0.3 is 11.1 Å². The Bertz CT molecular complexity index is 737. The normalized spacial score (nSPS) is 16.8. The molecule has 0 spiro atoms. The summed E-state index contributed by atoms with van der Waals surface area (Å²) >= 11 is 0. The lowest BCUT2D eigenvalue weighted by Crippen LogP contribution is -2.48. The van der Waals surface area contributed by atoms with Gasteiger partial charge in [0.1, 0.15) is 0 Å². The van der Waals surface area contributed by atoms with Gasteiger partial charge in [-0.05, 0) is 52.2 Å². The number of sulfonamides is 1. The first kappa shape index (κ1) is 22.9. The van der Waals surface area contributed by atoms with Gasteiger partial charge in [0.15, 0.2) is 0 Å². The van der Waals surface area contributed by atoms with Crippen molar-refractivity contribution >= 4 is 28.3 Å². The summed E-state index contributed by atoms with van der Waals surface area (Å²) in [6, 6.07) is 5.36. The van der Waals surface area contributed by atoms with E-state index in [-0.39, 0.29) is 24.2 Å². The summed E-state index contributed by atoms with van der Waals surface area (Å²) in [7, 11) is -3.51. The standard InChI is InChI=1S/C18H29N3O3S.ClH/c1-13-5-6-16(14(2)11-13)25(23,24)21-9-7-15(8-10-21)17(22)20-12-18(3,4)19;/h5-6,11,15H,7-10,12,19H2,1-4H3,(H,20,22);1H. The zero-order chi connectivity index (χ0) is 18.8. The molecule has 0 aliphatic carbocycles. The van der Waals surface area contributed by atoms with E-state index >= 15 is 0 Å². The lowest BCUT2D eigenvalue weighted by atomic mass is 9.96. The van der Waals surface area contributed by atoms with E-state index in [0.29, 0.717) is 37.4 Å². The fourth-order valence-corrected chi connectivity index (χ4v) is 4.72. The molecule has 1 aromatic carbocycles. The molecule has 3 N–H and O–H groups in total. The number of aryl methyl sites for hydroxylation is 2. The third kappa shape index (κ3) is 5.67. The Labute approximate surface area is 163 Å². The lowest BCUT2D eigenvalue weighted by molar-refractivity contribution is -0.126. The predicted molar refractivity (Wildman–Crippen MR) is 106 cm³/mol. The first-order valence-corrected chi connectivity index (χ1v) is 10.1. The topological polar surface area (TPSA) is 92.5 Å². The molecule has 1 aliphatic heterocycles. The molecule has 1 aromatic rings. The van der Waals surface area contributed by atoms with Crippen LogP contribution in [0.4, 0.5) is 0 Å². The van der Waals surface area contributed by atoms with Crippen LogP contribution in [0.1, 0.15) is 37.8 Å². The monoisotopic (exact) mass is 403 g/mol. The van der Waals surface area contributed by atoms with E-state index in [1.165, 1.54) is 4.31 Å². The summed E-state index contributed by atoms with van der Waals surface area (Å²) < 4.78 is 27.2. The van der Waals surface area contributed by atoms with Crippen LogP contribution in [0.5, 0.6) is 0 Å². The van der Waals surface area contributed by atoms with Crippen molar-refractivity contribution in [3.05, 3.63) is 29.3 Å². The third-order valence-electron chi connectivity index (χ3n) is 4.49. The highest BCUT2D eigenvalue weighted by Crippen LogP contribution is 2.26. The molecule has 0 radical (unpaired) electrons. The van der Waals surface area contributed by atoms with Crippen LogP contribution in [-0.4, -0.2) is 43.8 Å². The average Bonchev–Trinajstić information content (AvgIpc) is 2.51. The number of rotatable bonds is 5. The molecule has 8 heteroatoms. The fraction of sp³-hybridized carbons (Fsp3) is 0.611. The van der Waals surface area contributed by atoms with Crippen molar-refractivity contribution in [2.45, 2.75) is 51.0 Å². The van der Waals surface area contributed by atoms with Crippen LogP contribution in [0.2, 0.25) is 0 Å². The van der Waals surface area contributed by atoms with Gasteiger partial charge in [0.2, 0.25) is 15.9 Å². The van der Waals surface area contributed by atoms with Crippen molar-refractivity contribution in [2.75, 3.05) is 19.6 Å². The molecule has 1 aliphatic rings. The molecule has 148 valence electrons. The van der Waals surface area contributed by atoms with Crippen molar-refractivity contribution in [1.29, 1.82) is 0 Å². The Kier molecular flexibility index (Phi) is 7.65. The van der Waals surface area contributed by atoms with Gasteiger partial charge in [0.25, 0.3) is 0 Å². The first-order chi connectivity index (χ1) is 11.5. The van der Waals surface area contributed by atoms with Gasteiger partial charge in [-0.2, -0.15) is 4.31 Å². The van der Waals surface area contributed by atoms with Crippen molar-refractivity contribution in [3.63, 3.8) is 0 Å². The average molecular weight is 404 g/mol. The summed E-state index contributed by atoms with van der Waals surface area (Å²) in [4.78, 5) is 12.6. The molecule has 26 heavy (non-hydrogen) atoms. The molecule has 2 rings (SSSR count). The maximum absolute atomic E-state index is 12.9. The summed E-state index contributed by atoms with van der Waals surface area (Å²) in [5.74, 6) is -0.199. The number of hydrogen-bond donors (Lipinski definition) is 2. The summed E-state index contributed by atoms with van der Waals surface area (Å²) in [6.45, 7) is 8.59. The van der Waals surface area contributed by atoms with Gasteiger partial charge in [-0.1, -0.05) is 17.7 Å². The molecule has 1 fully saturated rings. The number of carbonyl (C=O) groups excluding carboxylic acids is 1. The maximum atomic E-state index is 12.9. The SMILES string of the molecule is Cc1ccc(S(=O)(=O)N2CCC(C(=O)NCC(C)(C)N)CC2)c(C)c1.Cl. The highest BCUT2D eigenvalue weighted by Gasteiger charge is 2.33. The van der Waals surface area contributed by atoms with Crippen molar-refractivity contribution in [2.24, 2.45) is 11.7 Å². The van der Waals surface area contributed by atoms with E-state index in [1.807, 2.05) is 39.8 Å². The van der Waals surface area contributed by atoms with Crippen LogP contribution in [-0.2, 0) is 14.8 Å². The van der Waals surface area contributed by atoms with E-state index < -0.39 is 15.6 Å². The highest BCUT2D eigenvalue weighted by atomic mass is 35.5. The molecular weight excluding hydrogens is 374 g/mol. The molecule has 0 aromatic heterocycles. The first-order valence-electron chi connectivity index (χ1n) is 8.65.